The lowest BCUT2D eigenvalue weighted by Crippen LogP contribution is -2.07. The van der Waals surface area contributed by atoms with Gasteiger partial charge in [0.1, 0.15) is 4.88 Å². The number of nitrogens with one attached hydrogen (secondary N) is 2. The summed E-state index contributed by atoms with van der Waals surface area (Å²) in [6, 6.07) is 9.67. The molecular weight excluding hydrogens is 262 g/mol. The van der Waals surface area contributed by atoms with E-state index in [4.69, 9.17) is 4.74 Å². The summed E-state index contributed by atoms with van der Waals surface area (Å²) in [7, 11) is 0. The van der Waals surface area contributed by atoms with Crippen LogP contribution in [-0.2, 0) is 4.74 Å². The van der Waals surface area contributed by atoms with Gasteiger partial charge in [-0.3, -0.25) is 10.9 Å². The van der Waals surface area contributed by atoms with Crippen LogP contribution in [0.5, 0.6) is 0 Å². The van der Waals surface area contributed by atoms with Crippen molar-refractivity contribution in [2.45, 2.75) is 13.8 Å². The highest BCUT2D eigenvalue weighted by atomic mass is 32.1. The summed E-state index contributed by atoms with van der Waals surface area (Å²) in [4.78, 5) is 16.5. The molecule has 0 aliphatic heterocycles. The molecule has 0 atom stereocenters. The number of thiazole rings is 1. The number of aromatic nitrogens is 1. The molecule has 0 aliphatic carbocycles. The van der Waals surface area contributed by atoms with Gasteiger partial charge in [0.05, 0.1) is 18.0 Å². The van der Waals surface area contributed by atoms with Crippen LogP contribution in [0.1, 0.15) is 22.3 Å². The molecule has 2 rings (SSSR count). The van der Waals surface area contributed by atoms with Gasteiger partial charge in [-0.25, -0.2) is 9.78 Å². The Morgan fingerprint density at radius 3 is 2.74 bits per heavy atom. The summed E-state index contributed by atoms with van der Waals surface area (Å²) in [5.74, 6) is -0.328. The van der Waals surface area contributed by atoms with Gasteiger partial charge in [-0.15, -0.1) is 0 Å². The van der Waals surface area contributed by atoms with E-state index < -0.39 is 0 Å². The van der Waals surface area contributed by atoms with E-state index in [2.05, 4.69) is 15.8 Å². The number of carbonyl (C=O) groups is 1. The van der Waals surface area contributed by atoms with E-state index >= 15 is 0 Å². The number of hydrogen-bond donors (Lipinski definition) is 2. The smallest absolute Gasteiger partial charge is 0.350 e. The van der Waals surface area contributed by atoms with E-state index in [1.54, 1.807) is 13.8 Å². The van der Waals surface area contributed by atoms with Gasteiger partial charge in [-0.2, -0.15) is 0 Å². The zero-order valence-corrected chi connectivity index (χ0v) is 11.6. The van der Waals surface area contributed by atoms with E-state index in [-0.39, 0.29) is 5.97 Å². The number of nitrogens with zero attached hydrogens (tertiary/aromatic N) is 1. The second kappa shape index (κ2) is 6.19. The standard InChI is InChI=1S/C13H15N3O2S/c1-3-18-12(17)11-9(2)14-13(19-11)16-15-10-7-5-4-6-8-10/h4-8,15H,3H2,1-2H3,(H,14,16). The number of esters is 1. The highest BCUT2D eigenvalue weighted by Gasteiger charge is 2.15. The minimum absolute atomic E-state index is 0.328. The lowest BCUT2D eigenvalue weighted by atomic mass is 10.3. The largest absolute Gasteiger partial charge is 0.462 e. The van der Waals surface area contributed by atoms with Crippen molar-refractivity contribution in [2.24, 2.45) is 0 Å². The van der Waals surface area contributed by atoms with Crippen molar-refractivity contribution in [2.75, 3.05) is 17.5 Å². The van der Waals surface area contributed by atoms with E-state index in [1.165, 1.54) is 11.3 Å². The predicted molar refractivity (Wildman–Crippen MR) is 76.5 cm³/mol. The summed E-state index contributed by atoms with van der Waals surface area (Å²) in [6.45, 7) is 3.93. The molecule has 0 aliphatic rings. The van der Waals surface area contributed by atoms with E-state index in [9.17, 15) is 4.79 Å². The molecule has 5 nitrogen and oxygen atoms in total. The highest BCUT2D eigenvalue weighted by Crippen LogP contribution is 2.23. The fraction of sp³-hybridized carbons (Fsp3) is 0.231. The average molecular weight is 277 g/mol. The Kier molecular flexibility index (Phi) is 4.35. The minimum Gasteiger partial charge on any atom is -0.462 e. The number of carbonyl (C=O) groups excluding carboxylic acids is 1. The third-order valence-corrected chi connectivity index (χ3v) is 3.40. The first kappa shape index (κ1) is 13.4. The molecule has 1 heterocycles. The Morgan fingerprint density at radius 1 is 1.32 bits per heavy atom. The van der Waals surface area contributed by atoms with Crippen molar-refractivity contribution >= 4 is 28.1 Å². The van der Waals surface area contributed by atoms with Crippen LogP contribution in [0, 0.1) is 6.92 Å². The van der Waals surface area contributed by atoms with Gasteiger partial charge >= 0.3 is 5.97 Å². The van der Waals surface area contributed by atoms with Gasteiger partial charge in [-0.05, 0) is 26.0 Å². The topological polar surface area (TPSA) is 63.2 Å². The molecule has 1 aromatic carbocycles. The van der Waals surface area contributed by atoms with Crippen molar-refractivity contribution < 1.29 is 9.53 Å². The molecule has 0 fully saturated rings. The number of rotatable bonds is 5. The second-order valence-corrected chi connectivity index (χ2v) is 4.77. The van der Waals surface area contributed by atoms with E-state index in [1.807, 2.05) is 30.3 Å². The third-order valence-electron chi connectivity index (χ3n) is 2.34. The predicted octanol–water partition coefficient (Wildman–Crippen LogP) is 3.07. The number of ether oxygens (including phenoxy) is 1. The van der Waals surface area contributed by atoms with E-state index in [0.29, 0.717) is 22.3 Å². The molecule has 2 N–H and O–H groups in total. The van der Waals surface area contributed by atoms with Crippen molar-refractivity contribution in [3.8, 4) is 0 Å². The molecule has 6 heteroatoms. The molecule has 0 unspecified atom stereocenters. The molecule has 19 heavy (non-hydrogen) atoms. The van der Waals surface area contributed by atoms with Crippen LogP contribution in [0.3, 0.4) is 0 Å². The second-order valence-electron chi connectivity index (χ2n) is 3.77. The summed E-state index contributed by atoms with van der Waals surface area (Å²) in [6.07, 6.45) is 0. The average Bonchev–Trinajstić information content (AvgIpc) is 2.79. The zero-order valence-electron chi connectivity index (χ0n) is 10.8. The maximum absolute atomic E-state index is 11.7. The fourth-order valence-electron chi connectivity index (χ4n) is 1.48. The van der Waals surface area contributed by atoms with Crippen LogP contribution < -0.4 is 10.9 Å². The molecule has 1 aromatic heterocycles. The molecule has 0 saturated carbocycles. The molecule has 0 saturated heterocycles. The summed E-state index contributed by atoms with van der Waals surface area (Å²) < 4.78 is 4.97. The molecule has 0 radical (unpaired) electrons. The van der Waals surface area contributed by atoms with Crippen molar-refractivity contribution in [3.05, 3.63) is 40.9 Å². The SMILES string of the molecule is CCOC(=O)c1sc(NNc2ccccc2)nc1C. The van der Waals surface area contributed by atoms with Crippen molar-refractivity contribution in [1.29, 1.82) is 0 Å². The molecule has 100 valence electrons. The van der Waals surface area contributed by atoms with Gasteiger partial charge in [0.25, 0.3) is 0 Å². The Bertz CT molecular complexity index is 554. The number of hydrazine groups is 1. The molecule has 0 bridgehead atoms. The molecule has 2 aromatic rings. The monoisotopic (exact) mass is 277 g/mol. The zero-order chi connectivity index (χ0) is 13.7. The molecule has 0 amide bonds. The normalized spacial score (nSPS) is 10.0. The Morgan fingerprint density at radius 2 is 2.05 bits per heavy atom. The summed E-state index contributed by atoms with van der Waals surface area (Å²) in [5.41, 5.74) is 7.58. The van der Waals surface area contributed by atoms with E-state index in [0.717, 1.165) is 5.69 Å². The Labute approximate surface area is 115 Å². The lowest BCUT2D eigenvalue weighted by Gasteiger charge is -2.05. The first-order valence-electron chi connectivity index (χ1n) is 5.92. The number of para-hydroxylation sites is 1. The lowest BCUT2D eigenvalue weighted by molar-refractivity contribution is 0.0531. The van der Waals surface area contributed by atoms with Crippen LogP contribution in [0.4, 0.5) is 10.8 Å². The van der Waals surface area contributed by atoms with Gasteiger partial charge in [0.2, 0.25) is 5.13 Å². The van der Waals surface area contributed by atoms with Crippen LogP contribution in [0.25, 0.3) is 0 Å². The van der Waals surface area contributed by atoms with Crippen LogP contribution in [0.15, 0.2) is 30.3 Å². The number of anilines is 2. The van der Waals surface area contributed by atoms with Gasteiger partial charge < -0.3 is 4.74 Å². The quantitative estimate of drug-likeness (QED) is 0.649. The fourth-order valence-corrected chi connectivity index (χ4v) is 2.30. The first-order chi connectivity index (χ1) is 9.20. The Hall–Kier alpha value is -2.08. The maximum atomic E-state index is 11.7. The highest BCUT2D eigenvalue weighted by molar-refractivity contribution is 7.17. The van der Waals surface area contributed by atoms with Crippen LogP contribution in [0.2, 0.25) is 0 Å². The number of benzene rings is 1. The van der Waals surface area contributed by atoms with Gasteiger partial charge in [0, 0.05) is 0 Å². The maximum Gasteiger partial charge on any atom is 0.350 e. The van der Waals surface area contributed by atoms with Crippen LogP contribution in [-0.4, -0.2) is 17.6 Å². The summed E-state index contributed by atoms with van der Waals surface area (Å²) in [5, 5.41) is 0.629. The first-order valence-corrected chi connectivity index (χ1v) is 6.74. The number of aryl methyl sites for hydroxylation is 1. The van der Waals surface area contributed by atoms with Gasteiger partial charge in [-0.1, -0.05) is 29.5 Å². The van der Waals surface area contributed by atoms with Crippen molar-refractivity contribution in [3.63, 3.8) is 0 Å². The number of hydrogen-bond acceptors (Lipinski definition) is 6. The minimum atomic E-state index is -0.328. The van der Waals surface area contributed by atoms with Gasteiger partial charge in [0.15, 0.2) is 0 Å². The Balaban J connectivity index is 2.02. The third kappa shape index (κ3) is 3.45. The molecule has 0 spiro atoms. The van der Waals surface area contributed by atoms with Crippen LogP contribution >= 0.6 is 11.3 Å². The molecular formula is C13H15N3O2S. The van der Waals surface area contributed by atoms with Crippen molar-refractivity contribution in [1.82, 2.24) is 4.98 Å². The summed E-state index contributed by atoms with van der Waals surface area (Å²) >= 11 is 1.27.